The molecule has 1 atom stereocenters. The molecule has 0 radical (unpaired) electrons. The molecule has 1 heterocycles. The standard InChI is InChI=1S/C18H18FNO3/c1-18(2)10-22-15-7-6-12(11-4-3-5-13(19)8-11)9-14(15)16(18)23-17(20)21/h3-9,16H,10H2,1-2H3,(H2,20,21). The van der Waals surface area contributed by atoms with Crippen LogP contribution in [0.15, 0.2) is 42.5 Å². The van der Waals surface area contributed by atoms with Crippen LogP contribution >= 0.6 is 0 Å². The van der Waals surface area contributed by atoms with Gasteiger partial charge in [0.15, 0.2) is 0 Å². The second-order valence-corrected chi connectivity index (χ2v) is 6.36. The van der Waals surface area contributed by atoms with Crippen LogP contribution in [0.1, 0.15) is 25.5 Å². The maximum atomic E-state index is 13.5. The molecule has 120 valence electrons. The van der Waals surface area contributed by atoms with E-state index in [1.807, 2.05) is 38.1 Å². The maximum Gasteiger partial charge on any atom is 0.405 e. The van der Waals surface area contributed by atoms with Crippen LogP contribution in [0.5, 0.6) is 5.75 Å². The third kappa shape index (κ3) is 2.99. The average molecular weight is 315 g/mol. The summed E-state index contributed by atoms with van der Waals surface area (Å²) in [5, 5.41) is 0. The summed E-state index contributed by atoms with van der Waals surface area (Å²) >= 11 is 0. The number of halogens is 1. The van der Waals surface area contributed by atoms with Crippen molar-refractivity contribution in [1.82, 2.24) is 0 Å². The summed E-state index contributed by atoms with van der Waals surface area (Å²) < 4.78 is 24.5. The molecule has 0 saturated carbocycles. The molecule has 1 aliphatic rings. The summed E-state index contributed by atoms with van der Waals surface area (Å²) in [6, 6.07) is 11.9. The van der Waals surface area contributed by atoms with E-state index in [0.717, 1.165) is 16.7 Å². The molecule has 5 heteroatoms. The van der Waals surface area contributed by atoms with Crippen LogP contribution in [-0.2, 0) is 4.74 Å². The van der Waals surface area contributed by atoms with Gasteiger partial charge < -0.3 is 15.2 Å². The van der Waals surface area contributed by atoms with Gasteiger partial charge >= 0.3 is 6.09 Å². The first kappa shape index (κ1) is 15.3. The van der Waals surface area contributed by atoms with Crippen molar-refractivity contribution in [2.45, 2.75) is 20.0 Å². The molecular weight excluding hydrogens is 297 g/mol. The number of hydrogen-bond donors (Lipinski definition) is 1. The molecule has 2 aromatic carbocycles. The number of benzene rings is 2. The largest absolute Gasteiger partial charge is 0.492 e. The summed E-state index contributed by atoms with van der Waals surface area (Å²) in [5.74, 6) is 0.345. The minimum atomic E-state index is -0.827. The van der Waals surface area contributed by atoms with Crippen molar-refractivity contribution in [3.8, 4) is 16.9 Å². The van der Waals surface area contributed by atoms with Gasteiger partial charge in [0.1, 0.15) is 17.7 Å². The third-order valence-electron chi connectivity index (χ3n) is 3.99. The summed E-state index contributed by atoms with van der Waals surface area (Å²) in [4.78, 5) is 11.3. The number of amides is 1. The fourth-order valence-electron chi connectivity index (χ4n) is 2.83. The van der Waals surface area contributed by atoms with Gasteiger partial charge in [-0.15, -0.1) is 0 Å². The number of carbonyl (C=O) groups is 1. The highest BCUT2D eigenvalue weighted by molar-refractivity contribution is 5.68. The van der Waals surface area contributed by atoms with Crippen molar-refractivity contribution in [2.75, 3.05) is 6.61 Å². The predicted molar refractivity (Wildman–Crippen MR) is 84.5 cm³/mol. The van der Waals surface area contributed by atoms with E-state index >= 15 is 0 Å². The second kappa shape index (κ2) is 5.57. The number of rotatable bonds is 2. The van der Waals surface area contributed by atoms with E-state index in [-0.39, 0.29) is 5.82 Å². The van der Waals surface area contributed by atoms with E-state index in [9.17, 15) is 9.18 Å². The minimum Gasteiger partial charge on any atom is -0.492 e. The fourth-order valence-corrected chi connectivity index (χ4v) is 2.83. The zero-order valence-electron chi connectivity index (χ0n) is 13.0. The number of carbonyl (C=O) groups excluding carboxylic acids is 1. The highest BCUT2D eigenvalue weighted by Gasteiger charge is 2.40. The molecule has 0 spiro atoms. The van der Waals surface area contributed by atoms with E-state index in [0.29, 0.717) is 12.4 Å². The monoisotopic (exact) mass is 315 g/mol. The van der Waals surface area contributed by atoms with Crippen LogP contribution in [0, 0.1) is 11.2 Å². The van der Waals surface area contributed by atoms with Crippen molar-refractivity contribution in [3.63, 3.8) is 0 Å². The lowest BCUT2D eigenvalue weighted by molar-refractivity contribution is -0.0176. The molecule has 23 heavy (non-hydrogen) atoms. The fraction of sp³-hybridized carbons (Fsp3) is 0.278. The Morgan fingerprint density at radius 2 is 2.00 bits per heavy atom. The molecule has 2 aromatic rings. The zero-order valence-corrected chi connectivity index (χ0v) is 13.0. The zero-order chi connectivity index (χ0) is 16.6. The molecule has 2 N–H and O–H groups in total. The van der Waals surface area contributed by atoms with E-state index < -0.39 is 17.6 Å². The van der Waals surface area contributed by atoms with Crippen LogP contribution in [0.2, 0.25) is 0 Å². The van der Waals surface area contributed by atoms with Crippen LogP contribution in [-0.4, -0.2) is 12.7 Å². The quantitative estimate of drug-likeness (QED) is 0.909. The summed E-state index contributed by atoms with van der Waals surface area (Å²) in [7, 11) is 0. The van der Waals surface area contributed by atoms with Crippen LogP contribution in [0.4, 0.5) is 9.18 Å². The van der Waals surface area contributed by atoms with Gasteiger partial charge in [-0.25, -0.2) is 9.18 Å². The topological polar surface area (TPSA) is 61.6 Å². The second-order valence-electron chi connectivity index (χ2n) is 6.36. The van der Waals surface area contributed by atoms with Gasteiger partial charge in [-0.05, 0) is 35.4 Å². The third-order valence-corrected chi connectivity index (χ3v) is 3.99. The predicted octanol–water partition coefficient (Wildman–Crippen LogP) is 4.05. The first-order valence-corrected chi connectivity index (χ1v) is 7.35. The van der Waals surface area contributed by atoms with E-state index in [1.165, 1.54) is 12.1 Å². The Labute approximate surface area is 134 Å². The van der Waals surface area contributed by atoms with Crippen molar-refractivity contribution in [2.24, 2.45) is 11.1 Å². The molecule has 3 rings (SSSR count). The van der Waals surface area contributed by atoms with Gasteiger partial charge in [0.25, 0.3) is 0 Å². The van der Waals surface area contributed by atoms with Gasteiger partial charge in [0.05, 0.1) is 6.61 Å². The molecular formula is C18H18FNO3. The molecule has 1 aliphatic heterocycles. The first-order chi connectivity index (χ1) is 10.9. The Hall–Kier alpha value is -2.56. The van der Waals surface area contributed by atoms with Gasteiger partial charge in [0, 0.05) is 11.0 Å². The summed E-state index contributed by atoms with van der Waals surface area (Å²) in [6.45, 7) is 4.30. The Bertz CT molecular complexity index is 758. The SMILES string of the molecule is CC1(C)COc2ccc(-c3cccc(F)c3)cc2C1OC(N)=O. The number of fused-ring (bicyclic) bond motifs is 1. The summed E-state index contributed by atoms with van der Waals surface area (Å²) in [5.41, 5.74) is 7.11. The molecule has 0 aliphatic carbocycles. The Morgan fingerprint density at radius 1 is 1.26 bits per heavy atom. The van der Waals surface area contributed by atoms with Crippen molar-refractivity contribution in [3.05, 3.63) is 53.8 Å². The summed E-state index contributed by atoms with van der Waals surface area (Å²) in [6.07, 6.45) is -1.34. The van der Waals surface area contributed by atoms with Crippen LogP contribution < -0.4 is 10.5 Å². The lowest BCUT2D eigenvalue weighted by Gasteiger charge is -2.38. The Morgan fingerprint density at radius 3 is 2.70 bits per heavy atom. The molecule has 0 saturated heterocycles. The molecule has 0 aromatic heterocycles. The van der Waals surface area contributed by atoms with Gasteiger partial charge in [-0.2, -0.15) is 0 Å². The number of ether oxygens (including phenoxy) is 2. The van der Waals surface area contributed by atoms with Crippen LogP contribution in [0.3, 0.4) is 0 Å². The van der Waals surface area contributed by atoms with Gasteiger partial charge in [0.2, 0.25) is 0 Å². The lowest BCUT2D eigenvalue weighted by atomic mass is 9.80. The molecule has 0 fully saturated rings. The average Bonchev–Trinajstić information content (AvgIpc) is 2.49. The highest BCUT2D eigenvalue weighted by atomic mass is 19.1. The first-order valence-electron chi connectivity index (χ1n) is 7.35. The lowest BCUT2D eigenvalue weighted by Crippen LogP contribution is -2.37. The Balaban J connectivity index is 2.08. The number of nitrogens with two attached hydrogens (primary N) is 1. The van der Waals surface area contributed by atoms with Gasteiger partial charge in [-0.1, -0.05) is 32.0 Å². The van der Waals surface area contributed by atoms with E-state index in [4.69, 9.17) is 15.2 Å². The van der Waals surface area contributed by atoms with Crippen molar-refractivity contribution < 1.29 is 18.7 Å². The van der Waals surface area contributed by atoms with E-state index in [1.54, 1.807) is 6.07 Å². The van der Waals surface area contributed by atoms with E-state index in [2.05, 4.69) is 0 Å². The van der Waals surface area contributed by atoms with Crippen molar-refractivity contribution in [1.29, 1.82) is 0 Å². The van der Waals surface area contributed by atoms with Gasteiger partial charge in [-0.3, -0.25) is 0 Å². The molecule has 0 bridgehead atoms. The van der Waals surface area contributed by atoms with Crippen molar-refractivity contribution >= 4 is 6.09 Å². The molecule has 1 amide bonds. The van der Waals surface area contributed by atoms with Crippen LogP contribution in [0.25, 0.3) is 11.1 Å². The smallest absolute Gasteiger partial charge is 0.405 e. The highest BCUT2D eigenvalue weighted by Crippen LogP contribution is 2.46. The maximum absolute atomic E-state index is 13.5. The number of hydrogen-bond acceptors (Lipinski definition) is 3. The number of primary amides is 1. The molecule has 1 unspecified atom stereocenters. The molecule has 4 nitrogen and oxygen atoms in total. The normalized spacial score (nSPS) is 18.7. The minimum absolute atomic E-state index is 0.304. The Kier molecular flexibility index (Phi) is 3.72.